The van der Waals surface area contributed by atoms with Gasteiger partial charge in [-0.15, -0.1) is 11.3 Å². The molecule has 0 atom stereocenters. The standard InChI is InChI=1S/C26H32N2O4S2/c1-16-13-17(2)19(4)25(18(16)3)34(29,30)21-9-11-28(12-10-21)26-27-23(15-33-26)22-14-20(31-5)7-8-24(22)32-6/h7-8,13-15,21H,9-12H2,1-6H3. The van der Waals surface area contributed by atoms with Crippen LogP contribution in [0.1, 0.15) is 35.1 Å². The summed E-state index contributed by atoms with van der Waals surface area (Å²) in [7, 11) is -0.125. The van der Waals surface area contributed by atoms with Crippen molar-refractivity contribution in [2.75, 3.05) is 32.2 Å². The lowest BCUT2D eigenvalue weighted by molar-refractivity contribution is 0.404. The Kier molecular flexibility index (Phi) is 6.92. The van der Waals surface area contributed by atoms with E-state index in [0.29, 0.717) is 30.8 Å². The van der Waals surface area contributed by atoms with Crippen molar-refractivity contribution < 1.29 is 17.9 Å². The first-order chi connectivity index (χ1) is 16.2. The van der Waals surface area contributed by atoms with E-state index in [9.17, 15) is 8.42 Å². The average Bonchev–Trinajstić information content (AvgIpc) is 3.32. The fourth-order valence-electron chi connectivity index (χ4n) is 4.68. The molecule has 3 aromatic rings. The maximum atomic E-state index is 13.6. The molecule has 2 heterocycles. The summed E-state index contributed by atoms with van der Waals surface area (Å²) in [5.74, 6) is 1.48. The van der Waals surface area contributed by atoms with Gasteiger partial charge in [0, 0.05) is 24.0 Å². The Morgan fingerprint density at radius 3 is 2.21 bits per heavy atom. The van der Waals surface area contributed by atoms with Crippen LogP contribution in [0.3, 0.4) is 0 Å². The number of aromatic nitrogens is 1. The van der Waals surface area contributed by atoms with Crippen molar-refractivity contribution in [2.24, 2.45) is 0 Å². The molecule has 0 N–H and O–H groups in total. The number of benzene rings is 2. The first kappa shape index (κ1) is 24.5. The summed E-state index contributed by atoms with van der Waals surface area (Å²) in [5.41, 5.74) is 5.52. The summed E-state index contributed by atoms with van der Waals surface area (Å²) in [6, 6.07) is 7.73. The molecule has 34 heavy (non-hydrogen) atoms. The van der Waals surface area contributed by atoms with E-state index in [1.807, 2.05) is 51.3 Å². The highest BCUT2D eigenvalue weighted by atomic mass is 32.2. The van der Waals surface area contributed by atoms with Gasteiger partial charge in [-0.3, -0.25) is 0 Å². The molecule has 0 radical (unpaired) electrons. The molecule has 182 valence electrons. The van der Waals surface area contributed by atoms with Crippen LogP contribution in [-0.4, -0.2) is 46.0 Å². The number of nitrogens with zero attached hydrogens (tertiary/aromatic N) is 2. The predicted octanol–water partition coefficient (Wildman–Crippen LogP) is 5.50. The van der Waals surface area contributed by atoms with E-state index < -0.39 is 9.84 Å². The number of thiazole rings is 1. The van der Waals surface area contributed by atoms with Gasteiger partial charge in [0.05, 0.1) is 30.1 Å². The highest BCUT2D eigenvalue weighted by Crippen LogP contribution is 2.38. The lowest BCUT2D eigenvalue weighted by atomic mass is 10.0. The molecule has 1 saturated heterocycles. The third kappa shape index (κ3) is 4.41. The fourth-order valence-corrected chi connectivity index (χ4v) is 7.90. The van der Waals surface area contributed by atoms with Gasteiger partial charge in [0.2, 0.25) is 0 Å². The Morgan fingerprint density at radius 1 is 0.971 bits per heavy atom. The molecule has 0 spiro atoms. The van der Waals surface area contributed by atoms with Gasteiger partial charge in [-0.2, -0.15) is 0 Å². The molecule has 1 aliphatic heterocycles. The zero-order valence-electron chi connectivity index (χ0n) is 20.6. The molecule has 1 aromatic heterocycles. The quantitative estimate of drug-likeness (QED) is 0.445. The van der Waals surface area contributed by atoms with Gasteiger partial charge >= 0.3 is 0 Å². The van der Waals surface area contributed by atoms with Crippen LogP contribution in [0.15, 0.2) is 34.5 Å². The number of methoxy groups -OCH3 is 2. The first-order valence-electron chi connectivity index (χ1n) is 11.4. The lowest BCUT2D eigenvalue weighted by Gasteiger charge is -2.32. The average molecular weight is 501 g/mol. The van der Waals surface area contributed by atoms with Gasteiger partial charge in [-0.1, -0.05) is 6.07 Å². The molecule has 2 aromatic carbocycles. The minimum Gasteiger partial charge on any atom is -0.497 e. The second-order valence-electron chi connectivity index (χ2n) is 8.90. The Hall–Kier alpha value is -2.58. The van der Waals surface area contributed by atoms with Crippen LogP contribution >= 0.6 is 11.3 Å². The molecule has 8 heteroatoms. The van der Waals surface area contributed by atoms with E-state index >= 15 is 0 Å². The fraction of sp³-hybridized carbons (Fsp3) is 0.423. The minimum atomic E-state index is -3.40. The third-order valence-electron chi connectivity index (χ3n) is 6.91. The van der Waals surface area contributed by atoms with Crippen LogP contribution in [0.25, 0.3) is 11.3 Å². The number of rotatable bonds is 6. The smallest absolute Gasteiger partial charge is 0.185 e. The topological polar surface area (TPSA) is 68.7 Å². The van der Waals surface area contributed by atoms with Crippen LogP contribution in [0, 0.1) is 27.7 Å². The molecule has 6 nitrogen and oxygen atoms in total. The van der Waals surface area contributed by atoms with Crippen LogP contribution in [0.4, 0.5) is 5.13 Å². The molecule has 0 saturated carbocycles. The number of aryl methyl sites for hydroxylation is 2. The summed E-state index contributed by atoms with van der Waals surface area (Å²) in [6.45, 7) is 9.15. The van der Waals surface area contributed by atoms with E-state index in [2.05, 4.69) is 11.0 Å². The molecular weight excluding hydrogens is 468 g/mol. The second-order valence-corrected chi connectivity index (χ2v) is 11.9. The largest absolute Gasteiger partial charge is 0.497 e. The van der Waals surface area contributed by atoms with Crippen LogP contribution in [0.2, 0.25) is 0 Å². The monoisotopic (exact) mass is 500 g/mol. The van der Waals surface area contributed by atoms with Gasteiger partial charge in [-0.25, -0.2) is 13.4 Å². The van der Waals surface area contributed by atoms with Gasteiger partial charge in [0.1, 0.15) is 11.5 Å². The van der Waals surface area contributed by atoms with Crippen molar-refractivity contribution >= 4 is 26.3 Å². The zero-order valence-corrected chi connectivity index (χ0v) is 22.3. The van der Waals surface area contributed by atoms with E-state index in [1.165, 1.54) is 0 Å². The summed E-state index contributed by atoms with van der Waals surface area (Å²) < 4.78 is 38.2. The maximum Gasteiger partial charge on any atom is 0.185 e. The number of sulfone groups is 1. The van der Waals surface area contributed by atoms with Crippen molar-refractivity contribution in [2.45, 2.75) is 50.7 Å². The van der Waals surface area contributed by atoms with Crippen LogP contribution in [0.5, 0.6) is 11.5 Å². The number of anilines is 1. The summed E-state index contributed by atoms with van der Waals surface area (Å²) >= 11 is 1.57. The van der Waals surface area contributed by atoms with Crippen LogP contribution < -0.4 is 14.4 Å². The number of ether oxygens (including phenoxy) is 2. The molecule has 0 unspecified atom stereocenters. The van der Waals surface area contributed by atoms with Crippen molar-refractivity contribution in [3.8, 4) is 22.8 Å². The molecule has 4 rings (SSSR count). The molecular formula is C26H32N2O4S2. The number of hydrogen-bond acceptors (Lipinski definition) is 7. The predicted molar refractivity (Wildman–Crippen MR) is 138 cm³/mol. The summed E-state index contributed by atoms with van der Waals surface area (Å²) in [6.07, 6.45) is 1.18. The first-order valence-corrected chi connectivity index (χ1v) is 13.8. The van der Waals surface area contributed by atoms with E-state index in [-0.39, 0.29) is 5.25 Å². The number of piperidine rings is 1. The summed E-state index contributed by atoms with van der Waals surface area (Å²) in [4.78, 5) is 7.57. The molecule has 0 aliphatic carbocycles. The van der Waals surface area contributed by atoms with E-state index in [4.69, 9.17) is 14.5 Å². The minimum absolute atomic E-state index is 0.375. The van der Waals surface area contributed by atoms with Crippen molar-refractivity contribution in [1.82, 2.24) is 4.98 Å². The maximum absolute atomic E-state index is 13.6. The Bertz CT molecular complexity index is 1280. The number of hydrogen-bond donors (Lipinski definition) is 0. The Balaban J connectivity index is 1.54. The van der Waals surface area contributed by atoms with E-state index in [0.717, 1.165) is 50.1 Å². The Labute approximate surface area is 206 Å². The SMILES string of the molecule is COc1ccc(OC)c(-c2csc(N3CCC(S(=O)(=O)c4c(C)c(C)cc(C)c4C)CC3)n2)c1. The normalized spacial score (nSPS) is 14.9. The lowest BCUT2D eigenvalue weighted by Crippen LogP contribution is -2.39. The molecule has 1 fully saturated rings. The molecule has 0 bridgehead atoms. The third-order valence-corrected chi connectivity index (χ3v) is 10.3. The van der Waals surface area contributed by atoms with E-state index in [1.54, 1.807) is 25.6 Å². The molecule has 1 aliphatic rings. The zero-order chi connectivity index (χ0) is 24.6. The van der Waals surface area contributed by atoms with Gasteiger partial charge < -0.3 is 14.4 Å². The Morgan fingerprint density at radius 2 is 1.62 bits per heavy atom. The summed E-state index contributed by atoms with van der Waals surface area (Å²) in [5, 5.41) is 2.53. The van der Waals surface area contributed by atoms with Crippen molar-refractivity contribution in [3.63, 3.8) is 0 Å². The molecule has 0 amide bonds. The highest BCUT2D eigenvalue weighted by Gasteiger charge is 2.34. The van der Waals surface area contributed by atoms with Crippen molar-refractivity contribution in [3.05, 3.63) is 51.9 Å². The highest BCUT2D eigenvalue weighted by molar-refractivity contribution is 7.92. The second kappa shape index (κ2) is 9.58. The van der Waals surface area contributed by atoms with Gasteiger partial charge in [-0.05, 0) is 81.0 Å². The van der Waals surface area contributed by atoms with Crippen LogP contribution in [-0.2, 0) is 9.84 Å². The van der Waals surface area contributed by atoms with Crippen molar-refractivity contribution in [1.29, 1.82) is 0 Å². The van der Waals surface area contributed by atoms with Gasteiger partial charge in [0.15, 0.2) is 15.0 Å². The van der Waals surface area contributed by atoms with Gasteiger partial charge in [0.25, 0.3) is 0 Å².